The number of aromatic nitrogens is 2. The van der Waals surface area contributed by atoms with Crippen LogP contribution in [-0.2, 0) is 6.54 Å². The van der Waals surface area contributed by atoms with Crippen molar-refractivity contribution in [2.45, 2.75) is 13.5 Å². The maximum absolute atomic E-state index is 13.3. The van der Waals surface area contributed by atoms with Gasteiger partial charge in [-0.3, -0.25) is 4.79 Å². The first-order valence-corrected chi connectivity index (χ1v) is 7.90. The maximum Gasteiger partial charge on any atom is 0.270 e. The second-order valence-electron chi connectivity index (χ2n) is 5.66. The molecule has 1 amide bonds. The van der Waals surface area contributed by atoms with Crippen molar-refractivity contribution in [1.29, 1.82) is 0 Å². The van der Waals surface area contributed by atoms with Gasteiger partial charge in [-0.05, 0) is 48.9 Å². The molecule has 0 radical (unpaired) electrons. The minimum Gasteiger partial charge on any atom is -0.347 e. The first-order chi connectivity index (χ1) is 12.5. The average Bonchev–Trinajstić information content (AvgIpc) is 2.60. The molecule has 0 saturated carbocycles. The summed E-state index contributed by atoms with van der Waals surface area (Å²) in [6, 6.07) is 13.3. The lowest BCUT2D eigenvalue weighted by Crippen LogP contribution is -2.24. The Morgan fingerprint density at radius 3 is 2.50 bits per heavy atom. The van der Waals surface area contributed by atoms with E-state index < -0.39 is 0 Å². The quantitative estimate of drug-likeness (QED) is 0.733. The van der Waals surface area contributed by atoms with Gasteiger partial charge in [0.05, 0.1) is 0 Å². The normalized spacial score (nSPS) is 10.4. The van der Waals surface area contributed by atoms with Gasteiger partial charge in [0.15, 0.2) is 0 Å². The number of hydrogen-bond acceptors (Lipinski definition) is 4. The number of halogens is 2. The number of carbonyl (C=O) groups excluding carboxylic acids is 1. The molecule has 0 atom stereocenters. The van der Waals surface area contributed by atoms with Crippen LogP contribution in [0.4, 0.5) is 20.4 Å². The fourth-order valence-electron chi connectivity index (χ4n) is 2.31. The molecule has 1 heterocycles. The van der Waals surface area contributed by atoms with E-state index in [2.05, 4.69) is 20.6 Å². The molecule has 26 heavy (non-hydrogen) atoms. The van der Waals surface area contributed by atoms with Crippen molar-refractivity contribution in [3.8, 4) is 0 Å². The number of nitrogens with zero attached hydrogens (tertiary/aromatic N) is 2. The van der Waals surface area contributed by atoms with E-state index in [0.717, 1.165) is 5.56 Å². The molecule has 5 nitrogen and oxygen atoms in total. The monoisotopic (exact) mass is 354 g/mol. The summed E-state index contributed by atoms with van der Waals surface area (Å²) < 4.78 is 26.2. The van der Waals surface area contributed by atoms with Crippen molar-refractivity contribution in [3.63, 3.8) is 0 Å². The first kappa shape index (κ1) is 17.5. The number of rotatable bonds is 5. The summed E-state index contributed by atoms with van der Waals surface area (Å²) in [5, 5.41) is 5.60. The summed E-state index contributed by atoms with van der Waals surface area (Å²) in [6.45, 7) is 1.98. The van der Waals surface area contributed by atoms with E-state index in [0.29, 0.717) is 11.4 Å². The van der Waals surface area contributed by atoms with Crippen LogP contribution in [0.5, 0.6) is 0 Å². The van der Waals surface area contributed by atoms with Crippen molar-refractivity contribution in [2.75, 3.05) is 5.32 Å². The summed E-state index contributed by atoms with van der Waals surface area (Å²) in [7, 11) is 0. The molecule has 7 heteroatoms. The third-order valence-corrected chi connectivity index (χ3v) is 3.53. The minimum absolute atomic E-state index is 0.179. The van der Waals surface area contributed by atoms with Crippen molar-refractivity contribution in [3.05, 3.63) is 83.2 Å². The largest absolute Gasteiger partial charge is 0.347 e. The Morgan fingerprint density at radius 2 is 1.77 bits per heavy atom. The zero-order chi connectivity index (χ0) is 18.5. The Hall–Kier alpha value is -3.35. The van der Waals surface area contributed by atoms with Crippen LogP contribution in [0.2, 0.25) is 0 Å². The Balaban J connectivity index is 1.71. The van der Waals surface area contributed by atoms with Gasteiger partial charge in [0, 0.05) is 17.9 Å². The molecule has 2 N–H and O–H groups in total. The molecule has 0 unspecified atom stereocenters. The number of carbonyl (C=O) groups is 1. The molecule has 0 aliphatic heterocycles. The van der Waals surface area contributed by atoms with E-state index in [1.807, 2.05) is 0 Å². The molecule has 3 rings (SSSR count). The Bertz CT molecular complexity index is 929. The van der Waals surface area contributed by atoms with Crippen LogP contribution in [0.3, 0.4) is 0 Å². The van der Waals surface area contributed by atoms with Crippen LogP contribution < -0.4 is 10.6 Å². The fourth-order valence-corrected chi connectivity index (χ4v) is 2.31. The number of hydrogen-bond donors (Lipinski definition) is 2. The van der Waals surface area contributed by atoms with Gasteiger partial charge < -0.3 is 10.6 Å². The third-order valence-electron chi connectivity index (χ3n) is 3.53. The summed E-state index contributed by atoms with van der Waals surface area (Å²) in [6.07, 6.45) is 0. The first-order valence-electron chi connectivity index (χ1n) is 7.90. The topological polar surface area (TPSA) is 66.9 Å². The highest BCUT2D eigenvalue weighted by atomic mass is 19.1. The number of amides is 1. The molecule has 0 aliphatic carbocycles. The lowest BCUT2D eigenvalue weighted by Gasteiger charge is -2.09. The van der Waals surface area contributed by atoms with E-state index in [-0.39, 0.29) is 35.7 Å². The van der Waals surface area contributed by atoms with Crippen LogP contribution in [0, 0.1) is 18.6 Å². The molecule has 0 bridgehead atoms. The number of aryl methyl sites for hydroxylation is 1. The lowest BCUT2D eigenvalue weighted by atomic mass is 10.2. The molecule has 0 aliphatic rings. The molecular formula is C19H16F2N4O. The van der Waals surface area contributed by atoms with Crippen molar-refractivity contribution < 1.29 is 13.6 Å². The maximum atomic E-state index is 13.3. The second-order valence-corrected chi connectivity index (χ2v) is 5.66. The van der Waals surface area contributed by atoms with Crippen molar-refractivity contribution in [2.24, 2.45) is 0 Å². The average molecular weight is 354 g/mol. The highest BCUT2D eigenvalue weighted by molar-refractivity contribution is 5.92. The van der Waals surface area contributed by atoms with Gasteiger partial charge in [0.2, 0.25) is 5.95 Å². The predicted molar refractivity (Wildman–Crippen MR) is 94.0 cm³/mol. The van der Waals surface area contributed by atoms with E-state index in [1.165, 1.54) is 24.3 Å². The van der Waals surface area contributed by atoms with Gasteiger partial charge in [-0.25, -0.2) is 18.7 Å². The van der Waals surface area contributed by atoms with E-state index in [1.54, 1.807) is 37.3 Å². The molecule has 2 aromatic carbocycles. The summed E-state index contributed by atoms with van der Waals surface area (Å²) >= 11 is 0. The van der Waals surface area contributed by atoms with Crippen LogP contribution >= 0.6 is 0 Å². The van der Waals surface area contributed by atoms with Crippen molar-refractivity contribution in [1.82, 2.24) is 15.3 Å². The molecule has 0 fully saturated rings. The van der Waals surface area contributed by atoms with E-state index in [9.17, 15) is 13.6 Å². The third kappa shape index (κ3) is 4.60. The van der Waals surface area contributed by atoms with Gasteiger partial charge in [-0.15, -0.1) is 0 Å². The summed E-state index contributed by atoms with van der Waals surface area (Å²) in [5.74, 6) is -0.913. The van der Waals surface area contributed by atoms with Crippen LogP contribution in [-0.4, -0.2) is 15.9 Å². The second kappa shape index (κ2) is 7.69. The number of benzene rings is 2. The SMILES string of the molecule is Cc1cc(C(=O)NCc2ccc(F)cc2)nc(Nc2cccc(F)c2)n1. The molecular weight excluding hydrogens is 338 g/mol. The summed E-state index contributed by atoms with van der Waals surface area (Å²) in [4.78, 5) is 20.7. The Labute approximate surface area is 149 Å². The van der Waals surface area contributed by atoms with Crippen LogP contribution in [0.25, 0.3) is 0 Å². The molecule has 132 valence electrons. The highest BCUT2D eigenvalue weighted by Crippen LogP contribution is 2.15. The number of anilines is 2. The van der Waals surface area contributed by atoms with E-state index in [4.69, 9.17) is 0 Å². The molecule has 0 spiro atoms. The lowest BCUT2D eigenvalue weighted by molar-refractivity contribution is 0.0945. The molecule has 3 aromatic rings. The predicted octanol–water partition coefficient (Wildman–Crippen LogP) is 3.74. The summed E-state index contributed by atoms with van der Waals surface area (Å²) in [5.41, 5.74) is 2.02. The Kier molecular flexibility index (Phi) is 5.17. The Morgan fingerprint density at radius 1 is 1.00 bits per heavy atom. The standard InChI is InChI=1S/C19H16F2N4O/c1-12-9-17(18(26)22-11-13-5-7-14(20)8-6-13)25-19(23-12)24-16-4-2-3-15(21)10-16/h2-10H,11H2,1H3,(H,22,26)(H,23,24,25). The smallest absolute Gasteiger partial charge is 0.270 e. The van der Waals surface area contributed by atoms with Crippen LogP contribution in [0.1, 0.15) is 21.7 Å². The fraction of sp³-hybridized carbons (Fsp3) is 0.105. The van der Waals surface area contributed by atoms with Crippen LogP contribution in [0.15, 0.2) is 54.6 Å². The minimum atomic E-state index is -0.389. The molecule has 1 aromatic heterocycles. The van der Waals surface area contributed by atoms with Gasteiger partial charge in [0.25, 0.3) is 5.91 Å². The van der Waals surface area contributed by atoms with Gasteiger partial charge >= 0.3 is 0 Å². The van der Waals surface area contributed by atoms with Gasteiger partial charge in [-0.1, -0.05) is 18.2 Å². The van der Waals surface area contributed by atoms with Gasteiger partial charge in [0.1, 0.15) is 17.3 Å². The van der Waals surface area contributed by atoms with Crippen molar-refractivity contribution >= 4 is 17.5 Å². The highest BCUT2D eigenvalue weighted by Gasteiger charge is 2.11. The molecule has 0 saturated heterocycles. The number of nitrogens with one attached hydrogen (secondary N) is 2. The zero-order valence-corrected chi connectivity index (χ0v) is 14.0. The van der Waals surface area contributed by atoms with Gasteiger partial charge in [-0.2, -0.15) is 0 Å². The van der Waals surface area contributed by atoms with E-state index >= 15 is 0 Å². The zero-order valence-electron chi connectivity index (χ0n) is 14.0.